The highest BCUT2D eigenvalue weighted by Gasteiger charge is 2.18. The first-order chi connectivity index (χ1) is 10.6. The number of benzene rings is 1. The number of phenolic OH excluding ortho intramolecular Hbond substituents is 1. The van der Waals surface area contributed by atoms with Gasteiger partial charge in [0, 0.05) is 10.9 Å². The molecule has 1 aromatic carbocycles. The van der Waals surface area contributed by atoms with Gasteiger partial charge in [-0.05, 0) is 25.1 Å². The van der Waals surface area contributed by atoms with Crippen molar-refractivity contribution in [3.63, 3.8) is 0 Å². The second-order valence-electron chi connectivity index (χ2n) is 4.64. The molecule has 0 aliphatic carbocycles. The summed E-state index contributed by atoms with van der Waals surface area (Å²) in [5.74, 6) is -0.285. The first kappa shape index (κ1) is 14.3. The van der Waals surface area contributed by atoms with Crippen LogP contribution in [0.1, 0.15) is 16.2 Å². The molecule has 0 saturated heterocycles. The Morgan fingerprint density at radius 2 is 2.18 bits per heavy atom. The van der Waals surface area contributed by atoms with E-state index in [1.54, 1.807) is 31.2 Å². The molecule has 0 amide bonds. The molecule has 3 rings (SSSR count). The smallest absolute Gasteiger partial charge is 0.356 e. The van der Waals surface area contributed by atoms with Crippen LogP contribution in [0.15, 0.2) is 35.7 Å². The van der Waals surface area contributed by atoms with Crippen LogP contribution in [0.3, 0.4) is 0 Å². The van der Waals surface area contributed by atoms with Crippen LogP contribution in [-0.2, 0) is 4.74 Å². The predicted molar refractivity (Wildman–Crippen MR) is 82.4 cm³/mol. The summed E-state index contributed by atoms with van der Waals surface area (Å²) < 4.78 is 6.23. The third kappa shape index (κ3) is 2.58. The molecule has 0 saturated carbocycles. The lowest BCUT2D eigenvalue weighted by Gasteiger charge is -2.01. The number of nitrogens with zero attached hydrogens (tertiary/aromatic N) is 3. The van der Waals surface area contributed by atoms with Gasteiger partial charge in [-0.2, -0.15) is 9.78 Å². The van der Waals surface area contributed by atoms with Crippen molar-refractivity contribution in [2.24, 2.45) is 0 Å². The highest BCUT2D eigenvalue weighted by Crippen LogP contribution is 2.27. The fourth-order valence-electron chi connectivity index (χ4n) is 2.05. The van der Waals surface area contributed by atoms with Crippen LogP contribution in [0.4, 0.5) is 0 Å². The van der Waals surface area contributed by atoms with E-state index in [1.165, 1.54) is 23.1 Å². The lowest BCUT2D eigenvalue weighted by molar-refractivity contribution is 0.0590. The highest BCUT2D eigenvalue weighted by atomic mass is 32.1. The van der Waals surface area contributed by atoms with Gasteiger partial charge in [0.15, 0.2) is 5.69 Å². The average molecular weight is 315 g/mol. The highest BCUT2D eigenvalue weighted by molar-refractivity contribution is 7.12. The van der Waals surface area contributed by atoms with Gasteiger partial charge in [0.2, 0.25) is 5.13 Å². The molecule has 7 heteroatoms. The third-order valence-corrected chi connectivity index (χ3v) is 3.86. The van der Waals surface area contributed by atoms with Crippen molar-refractivity contribution in [2.45, 2.75) is 6.92 Å². The Hall–Kier alpha value is -2.67. The largest absolute Gasteiger partial charge is 0.508 e. The van der Waals surface area contributed by atoms with E-state index in [-0.39, 0.29) is 5.75 Å². The third-order valence-electron chi connectivity index (χ3n) is 3.04. The van der Waals surface area contributed by atoms with E-state index in [9.17, 15) is 9.90 Å². The van der Waals surface area contributed by atoms with Gasteiger partial charge < -0.3 is 9.84 Å². The number of aromatic nitrogens is 3. The zero-order valence-electron chi connectivity index (χ0n) is 12.0. The van der Waals surface area contributed by atoms with Gasteiger partial charge in [0.05, 0.1) is 18.5 Å². The molecule has 1 N–H and O–H groups in total. The Morgan fingerprint density at radius 1 is 1.36 bits per heavy atom. The molecule has 112 valence electrons. The molecule has 2 aromatic heterocycles. The summed E-state index contributed by atoms with van der Waals surface area (Å²) in [5, 5.41) is 16.2. The van der Waals surface area contributed by atoms with Crippen molar-refractivity contribution < 1.29 is 14.6 Å². The Labute approximate surface area is 130 Å². The lowest BCUT2D eigenvalue weighted by atomic mass is 10.2. The maximum atomic E-state index is 11.8. The molecule has 3 aromatic rings. The number of thiazole rings is 1. The van der Waals surface area contributed by atoms with Crippen LogP contribution in [0.5, 0.6) is 5.75 Å². The van der Waals surface area contributed by atoms with Gasteiger partial charge in [-0.1, -0.05) is 12.1 Å². The molecule has 0 atom stereocenters. The van der Waals surface area contributed by atoms with Gasteiger partial charge in [0.1, 0.15) is 5.75 Å². The van der Waals surface area contributed by atoms with Crippen molar-refractivity contribution >= 4 is 17.3 Å². The van der Waals surface area contributed by atoms with Crippen molar-refractivity contribution in [3.05, 3.63) is 47.1 Å². The quantitative estimate of drug-likeness (QED) is 0.752. The first-order valence-corrected chi connectivity index (χ1v) is 7.37. The number of hydrogen-bond acceptors (Lipinski definition) is 6. The van der Waals surface area contributed by atoms with E-state index < -0.39 is 5.97 Å². The summed E-state index contributed by atoms with van der Waals surface area (Å²) in [5.41, 5.74) is 2.54. The summed E-state index contributed by atoms with van der Waals surface area (Å²) in [4.78, 5) is 16.3. The van der Waals surface area contributed by atoms with Crippen molar-refractivity contribution in [2.75, 3.05) is 7.11 Å². The molecule has 0 unspecified atom stereocenters. The summed E-state index contributed by atoms with van der Waals surface area (Å²) in [7, 11) is 1.33. The second kappa shape index (κ2) is 5.61. The monoisotopic (exact) mass is 315 g/mol. The maximum absolute atomic E-state index is 11.8. The number of methoxy groups -OCH3 is 1. The number of rotatable bonds is 3. The molecule has 0 fully saturated rings. The molecule has 0 radical (unpaired) electrons. The summed E-state index contributed by atoms with van der Waals surface area (Å²) in [6, 6.07) is 8.49. The number of ether oxygens (including phenoxy) is 1. The normalized spacial score (nSPS) is 10.6. The SMILES string of the molecule is COC(=O)c1cc(C)nn1-c1nc(-c2cccc(O)c2)cs1. The van der Waals surface area contributed by atoms with Crippen molar-refractivity contribution in [3.8, 4) is 22.1 Å². The Balaban J connectivity index is 2.03. The van der Waals surface area contributed by atoms with Gasteiger partial charge in [-0.3, -0.25) is 0 Å². The van der Waals surface area contributed by atoms with E-state index in [0.717, 1.165) is 5.56 Å². The van der Waals surface area contributed by atoms with Gasteiger partial charge >= 0.3 is 5.97 Å². The minimum absolute atomic E-state index is 0.178. The van der Waals surface area contributed by atoms with Crippen LogP contribution in [0.2, 0.25) is 0 Å². The molecule has 0 aliphatic heterocycles. The van der Waals surface area contributed by atoms with Gasteiger partial charge in [0.25, 0.3) is 0 Å². The zero-order chi connectivity index (χ0) is 15.7. The Morgan fingerprint density at radius 3 is 2.91 bits per heavy atom. The van der Waals surface area contributed by atoms with E-state index >= 15 is 0 Å². The van der Waals surface area contributed by atoms with E-state index in [2.05, 4.69) is 10.1 Å². The van der Waals surface area contributed by atoms with Crippen LogP contribution < -0.4 is 0 Å². The minimum atomic E-state index is -0.463. The van der Waals surface area contributed by atoms with Gasteiger partial charge in [-0.15, -0.1) is 11.3 Å². The fraction of sp³-hybridized carbons (Fsp3) is 0.133. The molecular formula is C15H13N3O3S. The number of carbonyl (C=O) groups is 1. The van der Waals surface area contributed by atoms with E-state index in [1.807, 2.05) is 11.4 Å². The number of aryl methyl sites for hydroxylation is 1. The molecule has 0 spiro atoms. The molecular weight excluding hydrogens is 302 g/mol. The van der Waals surface area contributed by atoms with Gasteiger partial charge in [-0.25, -0.2) is 9.78 Å². The Kier molecular flexibility index (Phi) is 3.64. The number of esters is 1. The van der Waals surface area contributed by atoms with Crippen LogP contribution >= 0.6 is 11.3 Å². The first-order valence-electron chi connectivity index (χ1n) is 6.49. The predicted octanol–water partition coefficient (Wildman–Crippen LogP) is 2.80. The number of hydrogen-bond donors (Lipinski definition) is 1. The molecule has 0 bridgehead atoms. The fourth-order valence-corrected chi connectivity index (χ4v) is 2.85. The van der Waals surface area contributed by atoms with Crippen molar-refractivity contribution in [1.82, 2.24) is 14.8 Å². The molecule has 6 nitrogen and oxygen atoms in total. The molecule has 22 heavy (non-hydrogen) atoms. The molecule has 2 heterocycles. The van der Waals surface area contributed by atoms with E-state index in [0.29, 0.717) is 22.2 Å². The topological polar surface area (TPSA) is 77.2 Å². The number of carbonyl (C=O) groups excluding carboxylic acids is 1. The average Bonchev–Trinajstić information content (AvgIpc) is 3.13. The second-order valence-corrected chi connectivity index (χ2v) is 5.48. The van der Waals surface area contributed by atoms with Crippen LogP contribution in [0.25, 0.3) is 16.4 Å². The number of phenols is 1. The summed E-state index contributed by atoms with van der Waals surface area (Å²) in [6.45, 7) is 1.80. The minimum Gasteiger partial charge on any atom is -0.508 e. The Bertz CT molecular complexity index is 838. The number of aromatic hydroxyl groups is 1. The maximum Gasteiger partial charge on any atom is 0.356 e. The summed E-state index contributed by atoms with van der Waals surface area (Å²) in [6.07, 6.45) is 0. The summed E-state index contributed by atoms with van der Waals surface area (Å²) >= 11 is 1.36. The van der Waals surface area contributed by atoms with E-state index in [4.69, 9.17) is 4.74 Å². The van der Waals surface area contributed by atoms with Crippen LogP contribution in [-0.4, -0.2) is 33.0 Å². The van der Waals surface area contributed by atoms with Crippen LogP contribution in [0, 0.1) is 6.92 Å². The lowest BCUT2D eigenvalue weighted by Crippen LogP contribution is -2.10. The van der Waals surface area contributed by atoms with Crippen molar-refractivity contribution in [1.29, 1.82) is 0 Å². The standard InChI is InChI=1S/C15H13N3O3S/c1-9-6-13(14(20)21-2)18(17-9)15-16-12(8-22-15)10-4-3-5-11(19)7-10/h3-8,19H,1-2H3. The zero-order valence-corrected chi connectivity index (χ0v) is 12.8. The molecule has 0 aliphatic rings.